The number of ether oxygens (including phenoxy) is 1. The van der Waals surface area contributed by atoms with E-state index in [9.17, 15) is 19.1 Å². The molecule has 1 aliphatic heterocycles. The Balaban J connectivity index is 2.18. The van der Waals surface area contributed by atoms with Crippen LogP contribution in [0.1, 0.15) is 26.5 Å². The maximum Gasteiger partial charge on any atom is 0.332 e. The Hall–Kier alpha value is -1.85. The minimum Gasteiger partial charge on any atom is -0.390 e. The number of nitrogens with zero attached hydrogens (tertiary/aromatic N) is 3. The molecule has 1 aliphatic rings. The summed E-state index contributed by atoms with van der Waals surface area (Å²) in [6.07, 6.45) is -2.29. The molecule has 0 aromatic carbocycles. The van der Waals surface area contributed by atoms with Gasteiger partial charge in [0.15, 0.2) is 11.2 Å². The molecule has 1 saturated heterocycles. The zero-order valence-electron chi connectivity index (χ0n) is 15.4. The quantitative estimate of drug-likeness (QED) is 0.642. The van der Waals surface area contributed by atoms with Crippen LogP contribution >= 0.6 is 11.8 Å². The highest BCUT2D eigenvalue weighted by atomic mass is 32.2. The molecule has 11 heteroatoms. The Bertz CT molecular complexity index is 941. The molecule has 3 rings (SSSR count). The third kappa shape index (κ3) is 3.27. The predicted molar refractivity (Wildman–Crippen MR) is 102 cm³/mol. The zero-order chi connectivity index (χ0) is 19.9. The van der Waals surface area contributed by atoms with Crippen molar-refractivity contribution in [2.75, 3.05) is 17.7 Å². The Morgan fingerprint density at radius 3 is 2.81 bits per heavy atom. The number of aromatic amines is 1. The maximum absolute atomic E-state index is 14.7. The van der Waals surface area contributed by atoms with Crippen molar-refractivity contribution in [1.29, 1.82) is 0 Å². The fourth-order valence-corrected chi connectivity index (χ4v) is 3.83. The van der Waals surface area contributed by atoms with Crippen molar-refractivity contribution >= 4 is 28.9 Å². The summed E-state index contributed by atoms with van der Waals surface area (Å²) in [6.45, 7) is 3.62. The van der Waals surface area contributed by atoms with E-state index in [1.165, 1.54) is 20.9 Å². The second-order valence-corrected chi connectivity index (χ2v) is 7.68. The average molecular weight is 401 g/mol. The van der Waals surface area contributed by atoms with Gasteiger partial charge >= 0.3 is 5.69 Å². The molecule has 3 heterocycles. The van der Waals surface area contributed by atoms with Crippen LogP contribution in [0.5, 0.6) is 0 Å². The van der Waals surface area contributed by atoms with Gasteiger partial charge in [-0.2, -0.15) is 16.7 Å². The van der Waals surface area contributed by atoms with E-state index in [1.807, 2.05) is 6.26 Å². The molecule has 0 unspecified atom stereocenters. The summed E-state index contributed by atoms with van der Waals surface area (Å²) < 4.78 is 23.0. The third-order valence-electron chi connectivity index (χ3n) is 4.96. The molecule has 0 radical (unpaired) electrons. The number of rotatable bonds is 6. The van der Waals surface area contributed by atoms with Crippen LogP contribution in [0.2, 0.25) is 0 Å². The zero-order valence-corrected chi connectivity index (χ0v) is 16.2. The van der Waals surface area contributed by atoms with Gasteiger partial charge in [0, 0.05) is 18.2 Å². The standard InChI is InChI=1S/C16H24FN5O4S/c1-4-8(23)11-9(17)7(2)14(26-11)22-12-10(13(24)20-15(18)19-12)21(16(22)25)5-6-27-3/h7-9,11,14,23H,4-6H2,1-3H3,(H3,18,19,20,24)/t7-,8+,9-,11-,14-/m1/s1. The summed E-state index contributed by atoms with van der Waals surface area (Å²) in [7, 11) is 0. The molecule has 0 spiro atoms. The van der Waals surface area contributed by atoms with Crippen LogP contribution in [0, 0.1) is 5.92 Å². The van der Waals surface area contributed by atoms with E-state index < -0.39 is 41.8 Å². The van der Waals surface area contributed by atoms with Crippen molar-refractivity contribution < 1.29 is 14.2 Å². The van der Waals surface area contributed by atoms with Gasteiger partial charge in [0.1, 0.15) is 18.5 Å². The van der Waals surface area contributed by atoms with Gasteiger partial charge < -0.3 is 15.6 Å². The number of imidazole rings is 1. The number of alkyl halides is 1. The molecule has 0 saturated carbocycles. The summed E-state index contributed by atoms with van der Waals surface area (Å²) in [5.41, 5.74) is 4.74. The van der Waals surface area contributed by atoms with Crippen molar-refractivity contribution in [2.45, 2.75) is 51.4 Å². The van der Waals surface area contributed by atoms with Crippen LogP contribution in [0.3, 0.4) is 0 Å². The molecule has 4 N–H and O–H groups in total. The monoisotopic (exact) mass is 401 g/mol. The van der Waals surface area contributed by atoms with E-state index in [-0.39, 0.29) is 17.1 Å². The highest BCUT2D eigenvalue weighted by Crippen LogP contribution is 2.38. The molecule has 2 aromatic heterocycles. The molecule has 150 valence electrons. The van der Waals surface area contributed by atoms with E-state index in [0.717, 1.165) is 0 Å². The summed E-state index contributed by atoms with van der Waals surface area (Å²) in [5, 5.41) is 10.1. The molecule has 27 heavy (non-hydrogen) atoms. The molecule has 2 aromatic rings. The minimum absolute atomic E-state index is 0.0537. The molecular formula is C16H24FN5O4S. The van der Waals surface area contributed by atoms with Gasteiger partial charge in [0.05, 0.1) is 6.10 Å². The predicted octanol–water partition coefficient (Wildman–Crippen LogP) is 0.474. The van der Waals surface area contributed by atoms with Crippen molar-refractivity contribution in [1.82, 2.24) is 19.1 Å². The van der Waals surface area contributed by atoms with Crippen LogP contribution in [-0.4, -0.2) is 54.6 Å². The normalized spacial score (nSPS) is 26.7. The fraction of sp³-hybridized carbons (Fsp3) is 0.688. The number of H-pyrrole nitrogens is 1. The lowest BCUT2D eigenvalue weighted by Gasteiger charge is -2.19. The third-order valence-corrected chi connectivity index (χ3v) is 5.55. The number of fused-ring (bicyclic) bond motifs is 1. The van der Waals surface area contributed by atoms with Gasteiger partial charge in [0.25, 0.3) is 5.56 Å². The van der Waals surface area contributed by atoms with Crippen LogP contribution in [0.25, 0.3) is 11.2 Å². The SMILES string of the molecule is CC[C@H](O)[C@H]1O[C@@H](n2c(=O)n(CCSC)c3c(=O)[nH]c(N)nc32)[C@H](C)[C@H]1F. The molecule has 0 amide bonds. The molecule has 0 bridgehead atoms. The number of thioether (sulfide) groups is 1. The van der Waals surface area contributed by atoms with Crippen molar-refractivity contribution in [3.05, 3.63) is 20.8 Å². The highest BCUT2D eigenvalue weighted by molar-refractivity contribution is 7.98. The molecule has 9 nitrogen and oxygen atoms in total. The topological polar surface area (TPSA) is 128 Å². The molecular weight excluding hydrogens is 377 g/mol. The Kier molecular flexibility index (Phi) is 5.63. The van der Waals surface area contributed by atoms with Gasteiger partial charge in [-0.25, -0.2) is 13.8 Å². The number of nitrogens with two attached hydrogens (primary N) is 1. The van der Waals surface area contributed by atoms with Gasteiger partial charge in [-0.1, -0.05) is 13.8 Å². The lowest BCUT2D eigenvalue weighted by atomic mass is 9.99. The van der Waals surface area contributed by atoms with Crippen molar-refractivity contribution in [2.24, 2.45) is 5.92 Å². The first kappa shape index (κ1) is 19.9. The van der Waals surface area contributed by atoms with E-state index in [4.69, 9.17) is 10.5 Å². The summed E-state index contributed by atoms with van der Waals surface area (Å²) in [6, 6.07) is 0. The first-order valence-electron chi connectivity index (χ1n) is 8.78. The number of hydrogen-bond acceptors (Lipinski definition) is 7. The average Bonchev–Trinajstić information content (AvgIpc) is 3.07. The minimum atomic E-state index is -1.46. The van der Waals surface area contributed by atoms with E-state index >= 15 is 0 Å². The number of aliphatic hydroxyl groups is 1. The lowest BCUT2D eigenvalue weighted by molar-refractivity contribution is -0.0745. The van der Waals surface area contributed by atoms with Crippen LogP contribution in [0.15, 0.2) is 9.59 Å². The van der Waals surface area contributed by atoms with Gasteiger partial charge in [-0.15, -0.1) is 0 Å². The second-order valence-electron chi connectivity index (χ2n) is 6.69. The number of nitrogen functional groups attached to an aromatic ring is 1. The van der Waals surface area contributed by atoms with Crippen LogP contribution in [-0.2, 0) is 11.3 Å². The highest BCUT2D eigenvalue weighted by Gasteiger charge is 2.47. The number of hydrogen-bond donors (Lipinski definition) is 3. The number of anilines is 1. The Morgan fingerprint density at radius 2 is 2.19 bits per heavy atom. The first-order chi connectivity index (χ1) is 12.8. The Labute approximate surface area is 158 Å². The summed E-state index contributed by atoms with van der Waals surface area (Å²) in [5.74, 6) is -0.251. The smallest absolute Gasteiger partial charge is 0.332 e. The number of nitrogens with one attached hydrogen (secondary N) is 1. The van der Waals surface area contributed by atoms with E-state index in [0.29, 0.717) is 18.7 Å². The Morgan fingerprint density at radius 1 is 1.48 bits per heavy atom. The molecule has 5 atom stereocenters. The van der Waals surface area contributed by atoms with Crippen LogP contribution in [0.4, 0.5) is 10.3 Å². The molecule has 0 aliphatic carbocycles. The number of aromatic nitrogens is 4. The number of halogens is 1. The largest absolute Gasteiger partial charge is 0.390 e. The van der Waals surface area contributed by atoms with Gasteiger partial charge in [0.2, 0.25) is 5.95 Å². The van der Waals surface area contributed by atoms with E-state index in [1.54, 1.807) is 13.8 Å². The maximum atomic E-state index is 14.7. The first-order valence-corrected chi connectivity index (χ1v) is 10.2. The number of aryl methyl sites for hydroxylation is 1. The summed E-state index contributed by atoms with van der Waals surface area (Å²) in [4.78, 5) is 32.0. The lowest BCUT2D eigenvalue weighted by Crippen LogP contribution is -2.33. The van der Waals surface area contributed by atoms with Crippen molar-refractivity contribution in [3.8, 4) is 0 Å². The van der Waals surface area contributed by atoms with Crippen LogP contribution < -0.4 is 17.0 Å². The fourth-order valence-electron chi connectivity index (χ4n) is 3.47. The van der Waals surface area contributed by atoms with Gasteiger partial charge in [-0.3, -0.25) is 14.3 Å². The summed E-state index contributed by atoms with van der Waals surface area (Å²) >= 11 is 1.52. The second kappa shape index (κ2) is 7.64. The number of aliphatic hydroxyl groups excluding tert-OH is 1. The molecule has 1 fully saturated rings. The van der Waals surface area contributed by atoms with E-state index in [2.05, 4.69) is 9.97 Å². The van der Waals surface area contributed by atoms with Crippen molar-refractivity contribution in [3.63, 3.8) is 0 Å². The van der Waals surface area contributed by atoms with Gasteiger partial charge in [-0.05, 0) is 12.7 Å².